The van der Waals surface area contributed by atoms with E-state index in [-0.39, 0.29) is 18.6 Å². The van der Waals surface area contributed by atoms with Crippen molar-refractivity contribution in [3.63, 3.8) is 0 Å². The molecular formula is C9H9F4NO. The minimum atomic E-state index is -4.49. The van der Waals surface area contributed by atoms with Gasteiger partial charge in [-0.15, -0.1) is 0 Å². The van der Waals surface area contributed by atoms with Crippen molar-refractivity contribution in [2.24, 2.45) is 5.90 Å². The second kappa shape index (κ2) is 4.59. The Hall–Kier alpha value is -1.14. The smallest absolute Gasteiger partial charge is 0.304 e. The number of hydrogen-bond acceptors (Lipinski definition) is 2. The van der Waals surface area contributed by atoms with E-state index in [1.54, 1.807) is 0 Å². The van der Waals surface area contributed by atoms with Crippen molar-refractivity contribution < 1.29 is 22.4 Å². The molecule has 0 atom stereocenters. The first-order chi connectivity index (χ1) is 6.95. The molecule has 0 aliphatic heterocycles. The molecule has 0 aliphatic carbocycles. The van der Waals surface area contributed by atoms with Gasteiger partial charge in [-0.3, -0.25) is 0 Å². The van der Waals surface area contributed by atoms with Crippen LogP contribution in [-0.4, -0.2) is 6.61 Å². The lowest BCUT2D eigenvalue weighted by molar-refractivity contribution is -0.138. The lowest BCUT2D eigenvalue weighted by Crippen LogP contribution is -2.12. The van der Waals surface area contributed by atoms with Crippen molar-refractivity contribution in [2.45, 2.75) is 12.6 Å². The van der Waals surface area contributed by atoms with Crippen molar-refractivity contribution in [1.82, 2.24) is 0 Å². The predicted octanol–water partition coefficient (Wildman–Crippen LogP) is 2.28. The van der Waals surface area contributed by atoms with Gasteiger partial charge >= 0.3 is 6.18 Å². The molecule has 0 spiro atoms. The minimum Gasteiger partial charge on any atom is -0.304 e. The molecule has 15 heavy (non-hydrogen) atoms. The molecule has 0 saturated heterocycles. The van der Waals surface area contributed by atoms with Gasteiger partial charge in [-0.2, -0.15) is 13.2 Å². The molecule has 0 amide bonds. The van der Waals surface area contributed by atoms with Crippen molar-refractivity contribution in [2.75, 3.05) is 6.61 Å². The summed E-state index contributed by atoms with van der Waals surface area (Å²) in [6.07, 6.45) is -4.57. The first-order valence-corrected chi connectivity index (χ1v) is 4.12. The molecule has 0 saturated carbocycles. The molecule has 1 aromatic rings. The average molecular weight is 223 g/mol. The maximum Gasteiger partial charge on any atom is 0.416 e. The van der Waals surface area contributed by atoms with Crippen LogP contribution in [0.4, 0.5) is 17.6 Å². The first-order valence-electron chi connectivity index (χ1n) is 4.12. The van der Waals surface area contributed by atoms with Gasteiger partial charge in [-0.05, 0) is 30.2 Å². The van der Waals surface area contributed by atoms with Crippen LogP contribution in [-0.2, 0) is 17.4 Å². The van der Waals surface area contributed by atoms with E-state index in [0.29, 0.717) is 6.07 Å². The number of halogens is 4. The van der Waals surface area contributed by atoms with Crippen LogP contribution in [0.5, 0.6) is 0 Å². The maximum atomic E-state index is 12.7. The summed E-state index contributed by atoms with van der Waals surface area (Å²) in [5, 5.41) is 0. The Labute approximate surface area is 83.6 Å². The zero-order chi connectivity index (χ0) is 11.5. The van der Waals surface area contributed by atoms with Crippen molar-refractivity contribution in [3.05, 3.63) is 35.1 Å². The SMILES string of the molecule is NOCCc1cc(F)ccc1C(F)(F)F. The van der Waals surface area contributed by atoms with Gasteiger partial charge in [0.25, 0.3) is 0 Å². The molecule has 0 heterocycles. The Morgan fingerprint density at radius 1 is 1.27 bits per heavy atom. The fourth-order valence-electron chi connectivity index (χ4n) is 1.21. The number of hydrogen-bond donors (Lipinski definition) is 1. The van der Waals surface area contributed by atoms with Crippen LogP contribution in [0, 0.1) is 5.82 Å². The summed E-state index contributed by atoms with van der Waals surface area (Å²) in [6.45, 7) is -0.0907. The van der Waals surface area contributed by atoms with Gasteiger partial charge in [0.15, 0.2) is 0 Å². The van der Waals surface area contributed by atoms with Crippen molar-refractivity contribution >= 4 is 0 Å². The lowest BCUT2D eigenvalue weighted by atomic mass is 10.0. The largest absolute Gasteiger partial charge is 0.416 e. The van der Waals surface area contributed by atoms with E-state index in [9.17, 15) is 17.6 Å². The molecule has 1 rings (SSSR count). The molecule has 0 unspecified atom stereocenters. The third-order valence-electron chi connectivity index (χ3n) is 1.86. The summed E-state index contributed by atoms with van der Waals surface area (Å²) in [7, 11) is 0. The van der Waals surface area contributed by atoms with Crippen LogP contribution in [0.2, 0.25) is 0 Å². The van der Waals surface area contributed by atoms with Gasteiger partial charge in [-0.25, -0.2) is 10.3 Å². The van der Waals surface area contributed by atoms with Crippen LogP contribution in [0.25, 0.3) is 0 Å². The molecule has 2 nitrogen and oxygen atoms in total. The molecule has 1 aromatic carbocycles. The Kier molecular flexibility index (Phi) is 3.65. The molecule has 0 radical (unpaired) electrons. The normalized spacial score (nSPS) is 11.8. The third-order valence-corrected chi connectivity index (χ3v) is 1.86. The summed E-state index contributed by atoms with van der Waals surface area (Å²) in [4.78, 5) is 4.16. The molecule has 84 valence electrons. The molecular weight excluding hydrogens is 214 g/mol. The van der Waals surface area contributed by atoms with Crippen LogP contribution in [0.1, 0.15) is 11.1 Å². The molecule has 0 aromatic heterocycles. The minimum absolute atomic E-state index is 0.0803. The van der Waals surface area contributed by atoms with Gasteiger partial charge in [0.2, 0.25) is 0 Å². The van der Waals surface area contributed by atoms with Gasteiger partial charge < -0.3 is 4.84 Å². The Morgan fingerprint density at radius 2 is 1.93 bits per heavy atom. The van der Waals surface area contributed by atoms with E-state index in [4.69, 9.17) is 5.90 Å². The molecule has 2 N–H and O–H groups in total. The van der Waals surface area contributed by atoms with Crippen LogP contribution in [0.15, 0.2) is 18.2 Å². The summed E-state index contributed by atoms with van der Waals surface area (Å²) in [6, 6.07) is 2.32. The molecule has 0 bridgehead atoms. The van der Waals surface area contributed by atoms with E-state index in [1.165, 1.54) is 0 Å². The summed E-state index contributed by atoms with van der Waals surface area (Å²) >= 11 is 0. The topological polar surface area (TPSA) is 35.2 Å². The van der Waals surface area contributed by atoms with Gasteiger partial charge in [0.05, 0.1) is 12.2 Å². The second-order valence-electron chi connectivity index (χ2n) is 2.92. The van der Waals surface area contributed by atoms with Gasteiger partial charge in [-0.1, -0.05) is 0 Å². The lowest BCUT2D eigenvalue weighted by Gasteiger charge is -2.12. The average Bonchev–Trinajstić information content (AvgIpc) is 2.12. The monoisotopic (exact) mass is 223 g/mol. The van der Waals surface area contributed by atoms with Crippen LogP contribution >= 0.6 is 0 Å². The molecule has 0 aliphatic rings. The summed E-state index contributed by atoms with van der Waals surface area (Å²) in [5.41, 5.74) is -1.02. The predicted molar refractivity (Wildman–Crippen MR) is 45.2 cm³/mol. The standard InChI is InChI=1S/C9H9F4NO/c10-7-1-2-8(9(11,12)13)6(5-7)3-4-15-14/h1-2,5H,3-4,14H2. The molecule has 6 heteroatoms. The summed E-state index contributed by atoms with van der Waals surface area (Å²) in [5.74, 6) is 3.99. The first kappa shape index (κ1) is 11.9. The van der Waals surface area contributed by atoms with Crippen LogP contribution in [0.3, 0.4) is 0 Å². The quantitative estimate of drug-likeness (QED) is 0.630. The fraction of sp³-hybridized carbons (Fsp3) is 0.333. The second-order valence-corrected chi connectivity index (χ2v) is 2.92. The van der Waals surface area contributed by atoms with E-state index in [0.717, 1.165) is 12.1 Å². The highest BCUT2D eigenvalue weighted by atomic mass is 19.4. The zero-order valence-corrected chi connectivity index (χ0v) is 7.64. The fourth-order valence-corrected chi connectivity index (χ4v) is 1.21. The van der Waals surface area contributed by atoms with E-state index in [2.05, 4.69) is 4.84 Å². The number of alkyl halides is 3. The Balaban J connectivity index is 3.03. The van der Waals surface area contributed by atoms with Gasteiger partial charge in [0.1, 0.15) is 5.82 Å². The Bertz CT molecular complexity index is 337. The van der Waals surface area contributed by atoms with Crippen LogP contribution < -0.4 is 5.90 Å². The maximum absolute atomic E-state index is 12.7. The number of rotatable bonds is 3. The van der Waals surface area contributed by atoms with Gasteiger partial charge in [0, 0.05) is 0 Å². The number of nitrogens with two attached hydrogens (primary N) is 1. The van der Waals surface area contributed by atoms with E-state index < -0.39 is 17.6 Å². The highest BCUT2D eigenvalue weighted by molar-refractivity contribution is 5.30. The highest BCUT2D eigenvalue weighted by Crippen LogP contribution is 2.32. The van der Waals surface area contributed by atoms with E-state index in [1.807, 2.05) is 0 Å². The number of benzene rings is 1. The summed E-state index contributed by atoms with van der Waals surface area (Å²) < 4.78 is 50.0. The Morgan fingerprint density at radius 3 is 2.47 bits per heavy atom. The molecule has 0 fully saturated rings. The zero-order valence-electron chi connectivity index (χ0n) is 7.64. The van der Waals surface area contributed by atoms with Crippen molar-refractivity contribution in [3.8, 4) is 0 Å². The highest BCUT2D eigenvalue weighted by Gasteiger charge is 2.33. The van der Waals surface area contributed by atoms with E-state index >= 15 is 0 Å². The third kappa shape index (κ3) is 3.17. The van der Waals surface area contributed by atoms with Crippen molar-refractivity contribution in [1.29, 1.82) is 0 Å².